The molecule has 0 bridgehead atoms. The Kier molecular flexibility index (Phi) is 3.65. The molecule has 0 radical (unpaired) electrons. The van der Waals surface area contributed by atoms with Crippen LogP contribution in [0.25, 0.3) is 0 Å². The molecule has 0 aromatic heterocycles. The number of carbonyl (C=O) groups is 1. The van der Waals surface area contributed by atoms with Gasteiger partial charge in [-0.1, -0.05) is 24.3 Å². The van der Waals surface area contributed by atoms with Crippen molar-refractivity contribution in [1.82, 2.24) is 0 Å². The number of carboxylic acid groups (broad SMARTS) is 1. The molecule has 14 heavy (non-hydrogen) atoms. The second-order valence-electron chi connectivity index (χ2n) is 3.23. The Morgan fingerprint density at radius 3 is 2.43 bits per heavy atom. The second-order valence-corrected chi connectivity index (χ2v) is 3.23. The quantitative estimate of drug-likeness (QED) is 0.797. The molecule has 1 atom stereocenters. The molecular weight excluding hydrogens is 180 g/mol. The number of carboxylic acids is 1. The van der Waals surface area contributed by atoms with Gasteiger partial charge in [0.25, 0.3) is 0 Å². The Morgan fingerprint density at radius 1 is 1.43 bits per heavy atom. The van der Waals surface area contributed by atoms with Crippen LogP contribution in [-0.4, -0.2) is 18.2 Å². The highest BCUT2D eigenvalue weighted by Crippen LogP contribution is 2.16. The zero-order chi connectivity index (χ0) is 10.6. The lowest BCUT2D eigenvalue weighted by Gasteiger charge is -2.07. The summed E-state index contributed by atoms with van der Waals surface area (Å²) in [5.74, 6) is -1.25. The minimum atomic E-state index is -0.801. The van der Waals surface area contributed by atoms with Crippen LogP contribution in [0.5, 0.6) is 0 Å². The van der Waals surface area contributed by atoms with E-state index in [1.807, 2.05) is 24.3 Å². The van der Waals surface area contributed by atoms with Crippen LogP contribution >= 0.6 is 0 Å². The molecule has 76 valence electrons. The van der Waals surface area contributed by atoms with Crippen molar-refractivity contribution in [3.63, 3.8) is 0 Å². The minimum Gasteiger partial charge on any atom is -0.481 e. The maximum atomic E-state index is 10.7. The average Bonchev–Trinajstić information content (AvgIpc) is 2.18. The van der Waals surface area contributed by atoms with Gasteiger partial charge in [0.05, 0.1) is 12.5 Å². The van der Waals surface area contributed by atoms with Gasteiger partial charge in [0, 0.05) is 7.11 Å². The van der Waals surface area contributed by atoms with Gasteiger partial charge in [0.1, 0.15) is 0 Å². The van der Waals surface area contributed by atoms with E-state index in [0.29, 0.717) is 6.61 Å². The Bertz CT molecular complexity index is 303. The maximum absolute atomic E-state index is 10.7. The van der Waals surface area contributed by atoms with Crippen LogP contribution in [0.15, 0.2) is 24.3 Å². The lowest BCUT2D eigenvalue weighted by molar-refractivity contribution is -0.138. The molecule has 0 saturated heterocycles. The number of benzene rings is 1. The van der Waals surface area contributed by atoms with Gasteiger partial charge >= 0.3 is 5.97 Å². The van der Waals surface area contributed by atoms with E-state index in [0.717, 1.165) is 11.1 Å². The molecule has 1 rings (SSSR count). The largest absolute Gasteiger partial charge is 0.481 e. The average molecular weight is 194 g/mol. The first kappa shape index (κ1) is 10.7. The van der Waals surface area contributed by atoms with E-state index in [2.05, 4.69) is 0 Å². The van der Waals surface area contributed by atoms with Crippen LogP contribution in [-0.2, 0) is 16.1 Å². The highest BCUT2D eigenvalue weighted by atomic mass is 16.5. The number of hydrogen-bond donors (Lipinski definition) is 1. The fourth-order valence-corrected chi connectivity index (χ4v) is 1.21. The number of ether oxygens (including phenoxy) is 1. The molecule has 0 saturated carbocycles. The van der Waals surface area contributed by atoms with E-state index in [4.69, 9.17) is 9.84 Å². The van der Waals surface area contributed by atoms with E-state index in [1.54, 1.807) is 14.0 Å². The Hall–Kier alpha value is -1.35. The molecule has 0 fully saturated rings. The van der Waals surface area contributed by atoms with Crippen molar-refractivity contribution in [3.05, 3.63) is 35.4 Å². The monoisotopic (exact) mass is 194 g/mol. The second kappa shape index (κ2) is 4.77. The van der Waals surface area contributed by atoms with Crippen LogP contribution in [0, 0.1) is 0 Å². The van der Waals surface area contributed by atoms with E-state index in [9.17, 15) is 4.79 Å². The molecule has 1 aromatic carbocycles. The normalized spacial score (nSPS) is 12.4. The third kappa shape index (κ3) is 2.57. The molecule has 0 heterocycles. The molecule has 0 amide bonds. The van der Waals surface area contributed by atoms with Gasteiger partial charge in [0.15, 0.2) is 0 Å². The van der Waals surface area contributed by atoms with Gasteiger partial charge < -0.3 is 9.84 Å². The first-order valence-corrected chi connectivity index (χ1v) is 4.45. The topological polar surface area (TPSA) is 46.5 Å². The van der Waals surface area contributed by atoms with Crippen LogP contribution in [0.1, 0.15) is 24.0 Å². The number of methoxy groups -OCH3 is 1. The SMILES string of the molecule is COCc1ccc(C(C)C(=O)O)cc1. The zero-order valence-electron chi connectivity index (χ0n) is 8.36. The summed E-state index contributed by atoms with van der Waals surface area (Å²) in [5.41, 5.74) is 1.87. The highest BCUT2D eigenvalue weighted by Gasteiger charge is 2.12. The Balaban J connectivity index is 2.77. The van der Waals surface area contributed by atoms with Crippen LogP contribution in [0.3, 0.4) is 0 Å². The highest BCUT2D eigenvalue weighted by molar-refractivity contribution is 5.75. The van der Waals surface area contributed by atoms with Crippen LogP contribution < -0.4 is 0 Å². The zero-order valence-corrected chi connectivity index (χ0v) is 8.36. The number of aliphatic carboxylic acids is 1. The third-order valence-corrected chi connectivity index (χ3v) is 2.16. The summed E-state index contributed by atoms with van der Waals surface area (Å²) >= 11 is 0. The fraction of sp³-hybridized carbons (Fsp3) is 0.364. The summed E-state index contributed by atoms with van der Waals surface area (Å²) in [6.45, 7) is 2.23. The van der Waals surface area contributed by atoms with Gasteiger partial charge in [-0.3, -0.25) is 4.79 Å². The Labute approximate surface area is 83.3 Å². The van der Waals surface area contributed by atoms with Gasteiger partial charge in [-0.15, -0.1) is 0 Å². The standard InChI is InChI=1S/C11H14O3/c1-8(11(12)13)10-5-3-9(4-6-10)7-14-2/h3-6,8H,7H2,1-2H3,(H,12,13). The van der Waals surface area contributed by atoms with E-state index in [-0.39, 0.29) is 0 Å². The van der Waals surface area contributed by atoms with Crippen molar-refractivity contribution in [1.29, 1.82) is 0 Å². The van der Waals surface area contributed by atoms with E-state index in [1.165, 1.54) is 0 Å². The molecule has 0 aliphatic rings. The molecule has 0 aliphatic carbocycles. The van der Waals surface area contributed by atoms with Crippen LogP contribution in [0.4, 0.5) is 0 Å². The maximum Gasteiger partial charge on any atom is 0.310 e. The molecule has 3 nitrogen and oxygen atoms in total. The molecular formula is C11H14O3. The molecule has 1 aromatic rings. The summed E-state index contributed by atoms with van der Waals surface area (Å²) in [7, 11) is 1.63. The minimum absolute atomic E-state index is 0.452. The van der Waals surface area contributed by atoms with Crippen molar-refractivity contribution in [3.8, 4) is 0 Å². The van der Waals surface area contributed by atoms with Crippen LogP contribution in [0.2, 0.25) is 0 Å². The Morgan fingerprint density at radius 2 is 2.00 bits per heavy atom. The lowest BCUT2D eigenvalue weighted by Crippen LogP contribution is -2.07. The summed E-state index contributed by atoms with van der Waals surface area (Å²) in [5, 5.41) is 8.78. The predicted molar refractivity (Wildman–Crippen MR) is 53.2 cm³/mol. The van der Waals surface area contributed by atoms with Crippen molar-refractivity contribution in [2.24, 2.45) is 0 Å². The molecule has 0 spiro atoms. The molecule has 0 aliphatic heterocycles. The number of rotatable bonds is 4. The molecule has 3 heteroatoms. The van der Waals surface area contributed by atoms with Gasteiger partial charge in [-0.25, -0.2) is 0 Å². The van der Waals surface area contributed by atoms with Crippen molar-refractivity contribution < 1.29 is 14.6 Å². The van der Waals surface area contributed by atoms with Gasteiger partial charge in [-0.2, -0.15) is 0 Å². The van der Waals surface area contributed by atoms with Crippen molar-refractivity contribution in [2.45, 2.75) is 19.4 Å². The molecule has 1 N–H and O–H groups in total. The van der Waals surface area contributed by atoms with Gasteiger partial charge in [0.2, 0.25) is 0 Å². The van der Waals surface area contributed by atoms with E-state index < -0.39 is 11.9 Å². The van der Waals surface area contributed by atoms with Crippen molar-refractivity contribution in [2.75, 3.05) is 7.11 Å². The summed E-state index contributed by atoms with van der Waals surface area (Å²) in [4.78, 5) is 10.7. The van der Waals surface area contributed by atoms with Crippen molar-refractivity contribution >= 4 is 5.97 Å². The van der Waals surface area contributed by atoms with E-state index >= 15 is 0 Å². The molecule has 1 unspecified atom stereocenters. The lowest BCUT2D eigenvalue weighted by atomic mass is 10.0. The predicted octanol–water partition coefficient (Wildman–Crippen LogP) is 2.02. The fourth-order valence-electron chi connectivity index (χ4n) is 1.21. The summed E-state index contributed by atoms with van der Waals surface area (Å²) < 4.78 is 4.96. The first-order chi connectivity index (χ1) is 6.65. The first-order valence-electron chi connectivity index (χ1n) is 4.45. The summed E-state index contributed by atoms with van der Waals surface area (Å²) in [6.07, 6.45) is 0. The van der Waals surface area contributed by atoms with Gasteiger partial charge in [-0.05, 0) is 18.1 Å². The number of hydrogen-bond acceptors (Lipinski definition) is 2. The summed E-state index contributed by atoms with van der Waals surface area (Å²) in [6, 6.07) is 7.43. The third-order valence-electron chi connectivity index (χ3n) is 2.16. The smallest absolute Gasteiger partial charge is 0.310 e.